The second-order valence-electron chi connectivity index (χ2n) is 4.47. The number of methoxy groups -OCH3 is 1. The molecule has 106 valence electrons. The van der Waals surface area contributed by atoms with Crippen molar-refractivity contribution in [3.63, 3.8) is 0 Å². The summed E-state index contributed by atoms with van der Waals surface area (Å²) in [6, 6.07) is 15.2. The number of rotatable bonds is 4. The van der Waals surface area contributed by atoms with E-state index >= 15 is 0 Å². The Balaban J connectivity index is 1.85. The maximum Gasteiger partial charge on any atom is 0.205 e. The van der Waals surface area contributed by atoms with Gasteiger partial charge in [-0.25, -0.2) is 0 Å². The Hall–Kier alpha value is -2.40. The first-order valence-electron chi connectivity index (χ1n) is 6.42. The van der Waals surface area contributed by atoms with Crippen LogP contribution in [0.3, 0.4) is 0 Å². The number of nitrogens with zero attached hydrogens (tertiary/aromatic N) is 4. The molecule has 0 unspecified atom stereocenters. The molecule has 0 N–H and O–H groups in total. The van der Waals surface area contributed by atoms with E-state index in [1.807, 2.05) is 48.5 Å². The number of halogens is 1. The van der Waals surface area contributed by atoms with E-state index < -0.39 is 0 Å². The maximum absolute atomic E-state index is 6.13. The van der Waals surface area contributed by atoms with E-state index in [2.05, 4.69) is 15.4 Å². The highest BCUT2D eigenvalue weighted by molar-refractivity contribution is 6.31. The van der Waals surface area contributed by atoms with Crippen LogP contribution in [0.1, 0.15) is 5.56 Å². The third-order valence-corrected chi connectivity index (χ3v) is 3.42. The molecule has 6 heteroatoms. The van der Waals surface area contributed by atoms with Crippen LogP contribution in [0.5, 0.6) is 5.75 Å². The van der Waals surface area contributed by atoms with Gasteiger partial charge in [0.05, 0.1) is 13.7 Å². The minimum Gasteiger partial charge on any atom is -0.497 e. The molecule has 3 aromatic rings. The van der Waals surface area contributed by atoms with Gasteiger partial charge in [0.15, 0.2) is 0 Å². The highest BCUT2D eigenvalue weighted by atomic mass is 35.5. The molecular formula is C15H13ClN4O. The van der Waals surface area contributed by atoms with Crippen molar-refractivity contribution >= 4 is 11.6 Å². The second-order valence-corrected chi connectivity index (χ2v) is 4.87. The molecule has 2 aromatic carbocycles. The fourth-order valence-electron chi connectivity index (χ4n) is 1.97. The lowest BCUT2D eigenvalue weighted by Crippen LogP contribution is -2.04. The van der Waals surface area contributed by atoms with E-state index in [0.717, 1.165) is 16.9 Å². The average Bonchev–Trinajstić information content (AvgIpc) is 2.98. The molecule has 0 spiro atoms. The Morgan fingerprint density at radius 3 is 2.81 bits per heavy atom. The third-order valence-electron chi connectivity index (χ3n) is 3.05. The van der Waals surface area contributed by atoms with Crippen LogP contribution in [-0.4, -0.2) is 27.3 Å². The minimum absolute atomic E-state index is 0.483. The first-order chi connectivity index (χ1) is 10.3. The van der Waals surface area contributed by atoms with Gasteiger partial charge in [-0.15, -0.1) is 10.2 Å². The van der Waals surface area contributed by atoms with Gasteiger partial charge in [-0.2, -0.15) is 4.80 Å². The van der Waals surface area contributed by atoms with Gasteiger partial charge in [0.2, 0.25) is 5.82 Å². The molecule has 0 saturated heterocycles. The Kier molecular flexibility index (Phi) is 3.83. The highest BCUT2D eigenvalue weighted by Gasteiger charge is 2.08. The first kappa shape index (κ1) is 13.6. The van der Waals surface area contributed by atoms with Crippen molar-refractivity contribution in [1.29, 1.82) is 0 Å². The number of tetrazole rings is 1. The number of aromatic nitrogens is 4. The fraction of sp³-hybridized carbons (Fsp3) is 0.133. The van der Waals surface area contributed by atoms with Gasteiger partial charge >= 0.3 is 0 Å². The molecule has 5 nitrogen and oxygen atoms in total. The Labute approximate surface area is 127 Å². The summed E-state index contributed by atoms with van der Waals surface area (Å²) in [5, 5.41) is 13.2. The van der Waals surface area contributed by atoms with Crippen molar-refractivity contribution in [2.24, 2.45) is 0 Å². The smallest absolute Gasteiger partial charge is 0.205 e. The number of benzene rings is 2. The summed E-state index contributed by atoms with van der Waals surface area (Å²) >= 11 is 6.13. The number of ether oxygens (including phenoxy) is 1. The zero-order chi connectivity index (χ0) is 14.7. The van der Waals surface area contributed by atoms with Gasteiger partial charge in [-0.1, -0.05) is 41.9 Å². The largest absolute Gasteiger partial charge is 0.497 e. The van der Waals surface area contributed by atoms with E-state index in [4.69, 9.17) is 16.3 Å². The van der Waals surface area contributed by atoms with E-state index in [1.165, 1.54) is 4.80 Å². The molecule has 0 atom stereocenters. The Morgan fingerprint density at radius 2 is 2.00 bits per heavy atom. The fourth-order valence-corrected chi connectivity index (χ4v) is 2.16. The van der Waals surface area contributed by atoms with E-state index in [-0.39, 0.29) is 0 Å². The molecule has 0 radical (unpaired) electrons. The van der Waals surface area contributed by atoms with Gasteiger partial charge in [0.25, 0.3) is 0 Å². The summed E-state index contributed by atoms with van der Waals surface area (Å²) in [4.78, 5) is 1.52. The predicted molar refractivity (Wildman–Crippen MR) is 80.4 cm³/mol. The van der Waals surface area contributed by atoms with Crippen molar-refractivity contribution in [1.82, 2.24) is 20.2 Å². The SMILES string of the molecule is COc1cccc(-c2nnn(Cc3ccccc3Cl)n2)c1. The van der Waals surface area contributed by atoms with Crippen LogP contribution in [0.15, 0.2) is 48.5 Å². The standard InChI is InChI=1S/C15H13ClN4O/c1-21-13-7-4-6-11(9-13)15-17-19-20(18-15)10-12-5-2-3-8-14(12)16/h2-9H,10H2,1H3. The summed E-state index contributed by atoms with van der Waals surface area (Å²) < 4.78 is 5.19. The van der Waals surface area contributed by atoms with Crippen LogP contribution in [0.25, 0.3) is 11.4 Å². The summed E-state index contributed by atoms with van der Waals surface area (Å²) in [6.45, 7) is 0.483. The van der Waals surface area contributed by atoms with Crippen LogP contribution in [-0.2, 0) is 6.54 Å². The molecule has 0 saturated carbocycles. The van der Waals surface area contributed by atoms with Crippen molar-refractivity contribution in [3.8, 4) is 17.1 Å². The molecular weight excluding hydrogens is 288 g/mol. The second kappa shape index (κ2) is 5.93. The molecule has 1 aromatic heterocycles. The molecule has 0 amide bonds. The summed E-state index contributed by atoms with van der Waals surface area (Å²) in [6.07, 6.45) is 0. The van der Waals surface area contributed by atoms with Crippen LogP contribution < -0.4 is 4.74 Å². The summed E-state index contributed by atoms with van der Waals surface area (Å²) in [5.41, 5.74) is 1.81. The lowest BCUT2D eigenvalue weighted by Gasteiger charge is -2.02. The monoisotopic (exact) mass is 300 g/mol. The summed E-state index contributed by atoms with van der Waals surface area (Å²) in [5.74, 6) is 1.32. The zero-order valence-corrected chi connectivity index (χ0v) is 12.2. The predicted octanol–water partition coefficient (Wildman–Crippen LogP) is 3.05. The molecule has 0 fully saturated rings. The number of hydrogen-bond acceptors (Lipinski definition) is 4. The molecule has 0 aliphatic heterocycles. The average molecular weight is 301 g/mol. The molecule has 1 heterocycles. The van der Waals surface area contributed by atoms with Crippen molar-refractivity contribution in [3.05, 3.63) is 59.1 Å². The molecule has 0 aliphatic carbocycles. The van der Waals surface area contributed by atoms with Crippen molar-refractivity contribution < 1.29 is 4.74 Å². The lowest BCUT2D eigenvalue weighted by molar-refractivity contribution is 0.415. The Morgan fingerprint density at radius 1 is 1.14 bits per heavy atom. The van der Waals surface area contributed by atoms with E-state index in [0.29, 0.717) is 17.4 Å². The maximum atomic E-state index is 6.13. The topological polar surface area (TPSA) is 52.8 Å². The van der Waals surface area contributed by atoms with E-state index in [1.54, 1.807) is 7.11 Å². The Bertz CT molecular complexity index is 757. The molecule has 0 bridgehead atoms. The number of hydrogen-bond donors (Lipinski definition) is 0. The van der Waals surface area contributed by atoms with E-state index in [9.17, 15) is 0 Å². The first-order valence-corrected chi connectivity index (χ1v) is 6.80. The van der Waals surface area contributed by atoms with Crippen LogP contribution >= 0.6 is 11.6 Å². The normalized spacial score (nSPS) is 10.6. The van der Waals surface area contributed by atoms with Gasteiger partial charge in [-0.3, -0.25) is 0 Å². The third kappa shape index (κ3) is 3.03. The summed E-state index contributed by atoms with van der Waals surface area (Å²) in [7, 11) is 1.63. The highest BCUT2D eigenvalue weighted by Crippen LogP contribution is 2.20. The van der Waals surface area contributed by atoms with Gasteiger partial charge in [-0.05, 0) is 29.0 Å². The lowest BCUT2D eigenvalue weighted by atomic mass is 10.2. The molecule has 3 rings (SSSR count). The van der Waals surface area contributed by atoms with Crippen molar-refractivity contribution in [2.75, 3.05) is 7.11 Å². The molecule has 0 aliphatic rings. The quantitative estimate of drug-likeness (QED) is 0.743. The van der Waals surface area contributed by atoms with Crippen molar-refractivity contribution in [2.45, 2.75) is 6.54 Å². The minimum atomic E-state index is 0.483. The van der Waals surface area contributed by atoms with Gasteiger partial charge in [0, 0.05) is 10.6 Å². The van der Waals surface area contributed by atoms with Crippen LogP contribution in [0, 0.1) is 0 Å². The van der Waals surface area contributed by atoms with Gasteiger partial charge < -0.3 is 4.74 Å². The van der Waals surface area contributed by atoms with Gasteiger partial charge in [0.1, 0.15) is 5.75 Å². The zero-order valence-electron chi connectivity index (χ0n) is 11.4. The van der Waals surface area contributed by atoms with Crippen LogP contribution in [0.2, 0.25) is 5.02 Å². The van der Waals surface area contributed by atoms with Crippen LogP contribution in [0.4, 0.5) is 0 Å². The molecule has 21 heavy (non-hydrogen) atoms.